The van der Waals surface area contributed by atoms with Crippen molar-refractivity contribution in [2.45, 2.75) is 39.2 Å². The van der Waals surface area contributed by atoms with E-state index >= 15 is 0 Å². The predicted molar refractivity (Wildman–Crippen MR) is 97.5 cm³/mol. The largest absolute Gasteiger partial charge is 0.355 e. The van der Waals surface area contributed by atoms with Gasteiger partial charge in [-0.1, -0.05) is 6.07 Å². The van der Waals surface area contributed by atoms with E-state index in [1.807, 2.05) is 43.3 Å². The van der Waals surface area contributed by atoms with Crippen LogP contribution >= 0.6 is 11.3 Å². The summed E-state index contributed by atoms with van der Waals surface area (Å²) in [5.41, 5.74) is 1.90. The lowest BCUT2D eigenvalue weighted by molar-refractivity contribution is -0.131. The average molecular weight is 344 g/mol. The fraction of sp³-hybridized carbons (Fsp3) is 0.500. The number of pyridine rings is 1. The van der Waals surface area contributed by atoms with Crippen LogP contribution in [0, 0.1) is 13.8 Å². The number of aryl methyl sites for hydroxylation is 2. The molecule has 1 aliphatic rings. The summed E-state index contributed by atoms with van der Waals surface area (Å²) in [6, 6.07) is 6.33. The van der Waals surface area contributed by atoms with E-state index in [0.717, 1.165) is 48.1 Å². The standard InChI is InChI=1S/C18H24N4OS/c1-13-6-4-8-17(19-13)22-9-5-7-16(11-22)21(3)18(23)10-15-12-24-14(2)20-15/h4,6,8,12,16H,5,7,9-11H2,1-3H3. The van der Waals surface area contributed by atoms with Gasteiger partial charge in [0.15, 0.2) is 0 Å². The number of hydrogen-bond donors (Lipinski definition) is 0. The zero-order valence-electron chi connectivity index (χ0n) is 14.5. The molecular formula is C18H24N4OS. The van der Waals surface area contributed by atoms with Crippen LogP contribution in [0.3, 0.4) is 0 Å². The van der Waals surface area contributed by atoms with Gasteiger partial charge in [0, 0.05) is 37.3 Å². The minimum Gasteiger partial charge on any atom is -0.355 e. The summed E-state index contributed by atoms with van der Waals surface area (Å²) in [7, 11) is 1.92. The van der Waals surface area contributed by atoms with Crippen molar-refractivity contribution in [2.75, 3.05) is 25.0 Å². The van der Waals surface area contributed by atoms with E-state index in [-0.39, 0.29) is 11.9 Å². The summed E-state index contributed by atoms with van der Waals surface area (Å²) < 4.78 is 0. The lowest BCUT2D eigenvalue weighted by Gasteiger charge is -2.38. The van der Waals surface area contributed by atoms with Crippen molar-refractivity contribution in [2.24, 2.45) is 0 Å². The van der Waals surface area contributed by atoms with E-state index in [9.17, 15) is 4.79 Å². The maximum atomic E-state index is 12.6. The Bertz CT molecular complexity index is 715. The molecule has 3 heterocycles. The molecule has 1 aliphatic heterocycles. The topological polar surface area (TPSA) is 49.3 Å². The Hall–Kier alpha value is -1.95. The first-order valence-corrected chi connectivity index (χ1v) is 9.26. The van der Waals surface area contributed by atoms with E-state index in [2.05, 4.69) is 20.9 Å². The molecule has 2 aromatic heterocycles. The van der Waals surface area contributed by atoms with E-state index in [1.165, 1.54) is 0 Å². The summed E-state index contributed by atoms with van der Waals surface area (Å²) >= 11 is 1.59. The van der Waals surface area contributed by atoms with Gasteiger partial charge in [-0.05, 0) is 38.8 Å². The number of carbonyl (C=O) groups is 1. The number of anilines is 1. The van der Waals surface area contributed by atoms with Crippen molar-refractivity contribution in [3.8, 4) is 0 Å². The van der Waals surface area contributed by atoms with Crippen LogP contribution in [0.2, 0.25) is 0 Å². The van der Waals surface area contributed by atoms with Crippen LogP contribution in [0.1, 0.15) is 29.2 Å². The fourth-order valence-electron chi connectivity index (χ4n) is 3.16. The van der Waals surface area contributed by atoms with E-state index in [1.54, 1.807) is 11.3 Å². The first-order valence-electron chi connectivity index (χ1n) is 8.38. The minimum absolute atomic E-state index is 0.143. The molecule has 128 valence electrons. The highest BCUT2D eigenvalue weighted by atomic mass is 32.1. The third kappa shape index (κ3) is 3.93. The Balaban J connectivity index is 1.64. The number of piperidine rings is 1. The molecule has 1 unspecified atom stereocenters. The van der Waals surface area contributed by atoms with Crippen molar-refractivity contribution in [3.63, 3.8) is 0 Å². The summed E-state index contributed by atoms with van der Waals surface area (Å²) in [4.78, 5) is 25.8. The number of likely N-dealkylation sites (N-methyl/N-ethyl adjacent to an activating group) is 1. The Morgan fingerprint density at radius 2 is 2.21 bits per heavy atom. The van der Waals surface area contributed by atoms with Gasteiger partial charge in [-0.15, -0.1) is 11.3 Å². The maximum Gasteiger partial charge on any atom is 0.228 e. The van der Waals surface area contributed by atoms with Gasteiger partial charge in [0.25, 0.3) is 0 Å². The van der Waals surface area contributed by atoms with Gasteiger partial charge in [-0.2, -0.15) is 0 Å². The van der Waals surface area contributed by atoms with Crippen molar-refractivity contribution >= 4 is 23.1 Å². The quantitative estimate of drug-likeness (QED) is 0.856. The number of carbonyl (C=O) groups excluding carboxylic acids is 1. The van der Waals surface area contributed by atoms with Gasteiger partial charge in [0.05, 0.1) is 17.1 Å². The average Bonchev–Trinajstić information content (AvgIpc) is 2.99. The zero-order valence-corrected chi connectivity index (χ0v) is 15.3. The molecule has 1 fully saturated rings. The summed E-state index contributed by atoms with van der Waals surface area (Å²) in [5.74, 6) is 1.15. The van der Waals surface area contributed by atoms with Crippen LogP contribution in [-0.2, 0) is 11.2 Å². The molecule has 1 amide bonds. The number of hydrogen-bond acceptors (Lipinski definition) is 5. The van der Waals surface area contributed by atoms with E-state index in [4.69, 9.17) is 0 Å². The smallest absolute Gasteiger partial charge is 0.228 e. The van der Waals surface area contributed by atoms with Crippen LogP contribution < -0.4 is 4.90 Å². The number of aromatic nitrogens is 2. The van der Waals surface area contributed by atoms with Crippen LogP contribution in [0.25, 0.3) is 0 Å². The fourth-order valence-corrected chi connectivity index (χ4v) is 3.77. The Labute approximate surface area is 147 Å². The molecule has 3 rings (SSSR count). The molecule has 0 radical (unpaired) electrons. The zero-order chi connectivity index (χ0) is 17.1. The molecule has 6 heteroatoms. The molecule has 0 N–H and O–H groups in total. The molecule has 0 saturated carbocycles. The number of amides is 1. The highest BCUT2D eigenvalue weighted by Gasteiger charge is 2.27. The summed E-state index contributed by atoms with van der Waals surface area (Å²) in [5, 5.41) is 2.99. The molecule has 1 saturated heterocycles. The second kappa shape index (κ2) is 7.30. The Morgan fingerprint density at radius 3 is 2.92 bits per heavy atom. The van der Waals surface area contributed by atoms with Gasteiger partial charge < -0.3 is 9.80 Å². The molecular weight excluding hydrogens is 320 g/mol. The van der Waals surface area contributed by atoms with Crippen LogP contribution in [0.5, 0.6) is 0 Å². The molecule has 0 spiro atoms. The molecule has 0 bridgehead atoms. The lowest BCUT2D eigenvalue weighted by Crippen LogP contribution is -2.49. The first-order chi connectivity index (χ1) is 11.5. The Morgan fingerprint density at radius 1 is 1.38 bits per heavy atom. The van der Waals surface area contributed by atoms with Gasteiger partial charge >= 0.3 is 0 Å². The van der Waals surface area contributed by atoms with Crippen LogP contribution in [0.4, 0.5) is 5.82 Å². The van der Waals surface area contributed by atoms with Crippen molar-refractivity contribution in [3.05, 3.63) is 40.0 Å². The number of nitrogens with zero attached hydrogens (tertiary/aromatic N) is 4. The third-order valence-corrected chi connectivity index (χ3v) is 5.36. The molecule has 1 atom stereocenters. The lowest BCUT2D eigenvalue weighted by atomic mass is 10.0. The SMILES string of the molecule is Cc1cccc(N2CCCC(N(C)C(=O)Cc3csc(C)n3)C2)n1. The van der Waals surface area contributed by atoms with Crippen molar-refractivity contribution < 1.29 is 4.79 Å². The monoisotopic (exact) mass is 344 g/mol. The Kier molecular flexibility index (Phi) is 5.14. The molecule has 0 aliphatic carbocycles. The summed E-state index contributed by atoms with van der Waals surface area (Å²) in [6.45, 7) is 5.82. The second-order valence-electron chi connectivity index (χ2n) is 6.42. The summed E-state index contributed by atoms with van der Waals surface area (Å²) in [6.07, 6.45) is 2.51. The third-order valence-electron chi connectivity index (χ3n) is 4.53. The van der Waals surface area contributed by atoms with E-state index in [0.29, 0.717) is 6.42 Å². The normalized spacial score (nSPS) is 17.8. The van der Waals surface area contributed by atoms with Crippen molar-refractivity contribution in [1.82, 2.24) is 14.9 Å². The van der Waals surface area contributed by atoms with Crippen molar-refractivity contribution in [1.29, 1.82) is 0 Å². The van der Waals surface area contributed by atoms with E-state index < -0.39 is 0 Å². The van der Waals surface area contributed by atoms with Gasteiger partial charge in [0.2, 0.25) is 5.91 Å². The first kappa shape index (κ1) is 16.9. The highest BCUT2D eigenvalue weighted by molar-refractivity contribution is 7.09. The molecule has 5 nitrogen and oxygen atoms in total. The van der Waals surface area contributed by atoms with Crippen LogP contribution in [0.15, 0.2) is 23.6 Å². The van der Waals surface area contributed by atoms with Gasteiger partial charge in [-0.25, -0.2) is 9.97 Å². The molecule has 24 heavy (non-hydrogen) atoms. The highest BCUT2D eigenvalue weighted by Crippen LogP contribution is 2.21. The molecule has 0 aromatic carbocycles. The molecule has 2 aromatic rings. The number of rotatable bonds is 4. The van der Waals surface area contributed by atoms with Gasteiger partial charge in [0.1, 0.15) is 5.82 Å². The second-order valence-corrected chi connectivity index (χ2v) is 7.48. The minimum atomic E-state index is 0.143. The van der Waals surface area contributed by atoms with Gasteiger partial charge in [-0.3, -0.25) is 4.79 Å². The number of thiazole rings is 1. The predicted octanol–water partition coefficient (Wildman–Crippen LogP) is 2.82. The maximum absolute atomic E-state index is 12.6. The van der Waals surface area contributed by atoms with Crippen LogP contribution in [-0.4, -0.2) is 47.0 Å².